The molecule has 6 heteroatoms. The van der Waals surface area contributed by atoms with Gasteiger partial charge in [-0.2, -0.15) is 0 Å². The molecule has 0 spiro atoms. The van der Waals surface area contributed by atoms with Gasteiger partial charge in [0, 0.05) is 16.8 Å². The van der Waals surface area contributed by atoms with Gasteiger partial charge in [0.05, 0.1) is 18.7 Å². The summed E-state index contributed by atoms with van der Waals surface area (Å²) < 4.78 is 19.5. The summed E-state index contributed by atoms with van der Waals surface area (Å²) in [7, 11) is 1.48. The highest BCUT2D eigenvalue weighted by molar-refractivity contribution is 6.51. The van der Waals surface area contributed by atoms with Crippen LogP contribution in [0.25, 0.3) is 5.76 Å². The number of rotatable bonds is 5. The lowest BCUT2D eigenvalue weighted by atomic mass is 9.94. The Hall–Kier alpha value is -3.93. The van der Waals surface area contributed by atoms with Gasteiger partial charge in [0.2, 0.25) is 0 Å². The zero-order valence-electron chi connectivity index (χ0n) is 17.7. The fourth-order valence-electron chi connectivity index (χ4n) is 3.97. The Labute approximate surface area is 185 Å². The minimum absolute atomic E-state index is 0.0759. The van der Waals surface area contributed by atoms with E-state index in [1.54, 1.807) is 42.5 Å². The van der Waals surface area contributed by atoms with Crippen molar-refractivity contribution in [3.63, 3.8) is 0 Å². The maximum atomic E-state index is 14.0. The summed E-state index contributed by atoms with van der Waals surface area (Å²) in [5.41, 5.74) is 2.13. The van der Waals surface area contributed by atoms with Crippen molar-refractivity contribution in [2.45, 2.75) is 19.4 Å². The number of aliphatic hydroxyl groups excluding tert-OH is 1. The van der Waals surface area contributed by atoms with Crippen LogP contribution < -0.4 is 9.64 Å². The number of methoxy groups -OCH3 is 1. The van der Waals surface area contributed by atoms with E-state index < -0.39 is 23.5 Å². The molecule has 32 heavy (non-hydrogen) atoms. The highest BCUT2D eigenvalue weighted by Gasteiger charge is 2.48. The largest absolute Gasteiger partial charge is 0.507 e. The molecule has 0 aliphatic carbocycles. The Morgan fingerprint density at radius 1 is 1.03 bits per heavy atom. The third-order valence-electron chi connectivity index (χ3n) is 5.60. The van der Waals surface area contributed by atoms with Crippen LogP contribution in [-0.4, -0.2) is 23.9 Å². The molecule has 1 atom stereocenters. The van der Waals surface area contributed by atoms with E-state index in [1.165, 1.54) is 30.2 Å². The second kappa shape index (κ2) is 8.67. The lowest BCUT2D eigenvalue weighted by Crippen LogP contribution is -2.29. The van der Waals surface area contributed by atoms with Crippen LogP contribution in [0.4, 0.5) is 10.1 Å². The molecule has 3 aromatic rings. The van der Waals surface area contributed by atoms with Crippen molar-refractivity contribution < 1.29 is 23.8 Å². The van der Waals surface area contributed by atoms with E-state index in [0.717, 1.165) is 12.0 Å². The molecule has 0 saturated carbocycles. The number of carbonyl (C=O) groups excluding carboxylic acids is 2. The standard InChI is InChI=1S/C26H22FNO4/c1-3-16-11-13-17(14-12-16)24(29)22-23(20-9-4-5-10-21(20)32-2)28(26(31)25(22)30)19-8-6-7-18(27)15-19/h4-15,23,29H,3H2,1-2H3/b24-22+. The number of carbonyl (C=O) groups is 2. The third kappa shape index (κ3) is 3.64. The number of aliphatic hydroxyl groups is 1. The van der Waals surface area contributed by atoms with Gasteiger partial charge in [-0.25, -0.2) is 4.39 Å². The molecule has 1 aliphatic heterocycles. The van der Waals surface area contributed by atoms with Crippen LogP contribution in [0, 0.1) is 5.82 Å². The van der Waals surface area contributed by atoms with Gasteiger partial charge in [-0.05, 0) is 36.2 Å². The van der Waals surface area contributed by atoms with Gasteiger partial charge in [-0.3, -0.25) is 14.5 Å². The first-order chi connectivity index (χ1) is 15.5. The van der Waals surface area contributed by atoms with Crippen LogP contribution in [0.1, 0.15) is 29.7 Å². The zero-order chi connectivity index (χ0) is 22.8. The van der Waals surface area contributed by atoms with Gasteiger partial charge in [0.15, 0.2) is 0 Å². The average Bonchev–Trinajstić information content (AvgIpc) is 3.09. The Morgan fingerprint density at radius 3 is 2.41 bits per heavy atom. The molecule has 162 valence electrons. The van der Waals surface area contributed by atoms with Gasteiger partial charge in [-0.1, -0.05) is 55.5 Å². The van der Waals surface area contributed by atoms with Crippen LogP contribution in [0.2, 0.25) is 0 Å². The number of hydrogen-bond acceptors (Lipinski definition) is 4. The number of halogens is 1. The predicted molar refractivity (Wildman–Crippen MR) is 120 cm³/mol. The van der Waals surface area contributed by atoms with E-state index in [0.29, 0.717) is 16.9 Å². The molecule has 1 fully saturated rings. The van der Waals surface area contributed by atoms with E-state index >= 15 is 0 Å². The molecule has 3 aromatic carbocycles. The first-order valence-electron chi connectivity index (χ1n) is 10.2. The quantitative estimate of drug-likeness (QED) is 0.350. The van der Waals surface area contributed by atoms with Crippen molar-refractivity contribution in [2.75, 3.05) is 12.0 Å². The number of aryl methyl sites for hydroxylation is 1. The lowest BCUT2D eigenvalue weighted by molar-refractivity contribution is -0.132. The first-order valence-corrected chi connectivity index (χ1v) is 10.2. The van der Waals surface area contributed by atoms with Crippen molar-refractivity contribution in [3.05, 3.63) is 101 Å². The summed E-state index contributed by atoms with van der Waals surface area (Å²) in [4.78, 5) is 27.5. The molecule has 4 rings (SSSR count). The van der Waals surface area contributed by atoms with E-state index in [1.807, 2.05) is 19.1 Å². The van der Waals surface area contributed by atoms with Crippen molar-refractivity contribution in [2.24, 2.45) is 0 Å². The summed E-state index contributed by atoms with van der Waals surface area (Å²) in [6.07, 6.45) is 0.826. The van der Waals surface area contributed by atoms with Gasteiger partial charge in [0.25, 0.3) is 11.7 Å². The normalized spacial score (nSPS) is 17.6. The summed E-state index contributed by atoms with van der Waals surface area (Å²) >= 11 is 0. The molecule has 0 bridgehead atoms. The molecular weight excluding hydrogens is 409 g/mol. The number of para-hydroxylation sites is 1. The number of Topliss-reactive ketones (excluding diaryl/α,β-unsaturated/α-hetero) is 1. The van der Waals surface area contributed by atoms with Crippen molar-refractivity contribution in [3.8, 4) is 5.75 Å². The SMILES string of the molecule is CCc1ccc(/C(O)=C2\C(=O)C(=O)N(c3cccc(F)c3)C2c2ccccc2OC)cc1. The molecule has 5 nitrogen and oxygen atoms in total. The lowest BCUT2D eigenvalue weighted by Gasteiger charge is -2.26. The summed E-state index contributed by atoms with van der Waals surface area (Å²) in [6, 6.07) is 18.5. The van der Waals surface area contributed by atoms with Crippen LogP contribution in [-0.2, 0) is 16.0 Å². The predicted octanol–water partition coefficient (Wildman–Crippen LogP) is 5.02. The molecule has 1 heterocycles. The van der Waals surface area contributed by atoms with Crippen LogP contribution in [0.3, 0.4) is 0 Å². The number of anilines is 1. The minimum Gasteiger partial charge on any atom is -0.507 e. The van der Waals surface area contributed by atoms with Gasteiger partial charge >= 0.3 is 0 Å². The molecule has 1 unspecified atom stereocenters. The monoisotopic (exact) mass is 431 g/mol. The van der Waals surface area contributed by atoms with Gasteiger partial charge < -0.3 is 9.84 Å². The summed E-state index contributed by atoms with van der Waals surface area (Å²) in [6.45, 7) is 2.01. The van der Waals surface area contributed by atoms with Crippen LogP contribution in [0.5, 0.6) is 5.75 Å². The van der Waals surface area contributed by atoms with E-state index in [-0.39, 0.29) is 17.0 Å². The molecule has 1 aliphatic rings. The van der Waals surface area contributed by atoms with Gasteiger partial charge in [-0.15, -0.1) is 0 Å². The molecule has 0 radical (unpaired) electrons. The molecular formula is C26H22FNO4. The maximum Gasteiger partial charge on any atom is 0.300 e. The molecule has 1 N–H and O–H groups in total. The van der Waals surface area contributed by atoms with Crippen molar-refractivity contribution in [1.82, 2.24) is 0 Å². The molecule has 1 saturated heterocycles. The van der Waals surface area contributed by atoms with Crippen LogP contribution in [0.15, 0.2) is 78.4 Å². The number of benzene rings is 3. The number of nitrogens with zero attached hydrogens (tertiary/aromatic N) is 1. The Balaban J connectivity index is 1.96. The smallest absolute Gasteiger partial charge is 0.300 e. The topological polar surface area (TPSA) is 66.8 Å². The fourth-order valence-corrected chi connectivity index (χ4v) is 3.97. The average molecular weight is 431 g/mol. The van der Waals surface area contributed by atoms with Crippen molar-refractivity contribution in [1.29, 1.82) is 0 Å². The van der Waals surface area contributed by atoms with E-state index in [4.69, 9.17) is 4.74 Å². The third-order valence-corrected chi connectivity index (χ3v) is 5.60. The second-order valence-corrected chi connectivity index (χ2v) is 7.44. The molecule has 0 aromatic heterocycles. The summed E-state index contributed by atoms with van der Waals surface area (Å²) in [5, 5.41) is 11.2. The minimum atomic E-state index is -0.987. The van der Waals surface area contributed by atoms with E-state index in [2.05, 4.69) is 0 Å². The zero-order valence-corrected chi connectivity index (χ0v) is 17.7. The Morgan fingerprint density at radius 2 is 1.75 bits per heavy atom. The first kappa shape index (κ1) is 21.3. The highest BCUT2D eigenvalue weighted by atomic mass is 19.1. The highest BCUT2D eigenvalue weighted by Crippen LogP contribution is 2.44. The number of amides is 1. The molecule has 1 amide bonds. The van der Waals surface area contributed by atoms with Crippen LogP contribution >= 0.6 is 0 Å². The number of hydrogen-bond donors (Lipinski definition) is 1. The summed E-state index contributed by atoms with van der Waals surface area (Å²) in [5.74, 6) is -2.09. The second-order valence-electron chi connectivity index (χ2n) is 7.44. The van der Waals surface area contributed by atoms with E-state index in [9.17, 15) is 19.1 Å². The number of ether oxygens (including phenoxy) is 1. The number of ketones is 1. The Kier molecular flexibility index (Phi) is 5.77. The van der Waals surface area contributed by atoms with Gasteiger partial charge in [0.1, 0.15) is 17.3 Å². The Bertz CT molecular complexity index is 1220. The van der Waals surface area contributed by atoms with Crippen molar-refractivity contribution >= 4 is 23.1 Å². The maximum absolute atomic E-state index is 14.0. The fraction of sp³-hybridized carbons (Fsp3) is 0.154.